The molecule has 1 aliphatic heterocycles. The Labute approximate surface area is 169 Å². The molecule has 4 aromatic rings. The van der Waals surface area contributed by atoms with Crippen molar-refractivity contribution in [2.24, 2.45) is 0 Å². The van der Waals surface area contributed by atoms with Crippen molar-refractivity contribution in [3.05, 3.63) is 46.3 Å². The number of aryl methyl sites for hydroxylation is 1. The summed E-state index contributed by atoms with van der Waals surface area (Å²) in [5.41, 5.74) is 2.87. The number of nitrogens with zero attached hydrogens (tertiary/aromatic N) is 4. The zero-order valence-corrected chi connectivity index (χ0v) is 17.5. The topological polar surface area (TPSA) is 92.4 Å². The number of aromatic nitrogens is 4. The van der Waals surface area contributed by atoms with E-state index in [9.17, 15) is 9.90 Å². The van der Waals surface area contributed by atoms with Crippen LogP contribution in [0.2, 0.25) is 5.02 Å². The molecule has 138 valence electrons. The van der Waals surface area contributed by atoms with Crippen LogP contribution >= 0.6 is 42.8 Å². The number of pyridine rings is 1. The first-order chi connectivity index (χ1) is 13.1. The fourth-order valence-corrected chi connectivity index (χ4v) is 9.47. The molecule has 0 amide bonds. The summed E-state index contributed by atoms with van der Waals surface area (Å²) >= 11 is 6.04. The number of thiophene rings is 1. The molecule has 0 aromatic carbocycles. The molecule has 7 nitrogen and oxygen atoms in total. The second-order valence-corrected chi connectivity index (χ2v) is 12.9. The zero-order chi connectivity index (χ0) is 18.5. The van der Waals surface area contributed by atoms with Crippen LogP contribution in [0.15, 0.2) is 30.9 Å². The van der Waals surface area contributed by atoms with Crippen LogP contribution in [-0.2, 0) is 10.8 Å². The third kappa shape index (κ3) is 2.93. The Morgan fingerprint density at radius 1 is 1.41 bits per heavy atom. The summed E-state index contributed by atoms with van der Waals surface area (Å²) in [5.74, 6) is 0.709. The number of rotatable bonds is 3. The number of carboxylic acid groups (broad SMARTS) is 1. The maximum absolute atomic E-state index is 11.4. The van der Waals surface area contributed by atoms with Gasteiger partial charge in [0.05, 0.1) is 0 Å². The molecule has 10 heteroatoms. The average Bonchev–Trinajstić information content (AvgIpc) is 3.25. The van der Waals surface area contributed by atoms with E-state index >= 15 is 0 Å². The first kappa shape index (κ1) is 17.1. The number of nitrogens with one attached hydrogen (secondary N) is 1. The first-order valence-electron chi connectivity index (χ1n) is 8.10. The van der Waals surface area contributed by atoms with Gasteiger partial charge in [-0.05, 0) is 0 Å². The molecular weight excluding hydrogens is 501 g/mol. The van der Waals surface area contributed by atoms with Crippen LogP contribution in [0.1, 0.15) is 10.4 Å². The van der Waals surface area contributed by atoms with E-state index in [1.807, 2.05) is 12.1 Å². The van der Waals surface area contributed by atoms with Crippen molar-refractivity contribution >= 4 is 74.0 Å². The van der Waals surface area contributed by atoms with Crippen LogP contribution in [-0.4, -0.2) is 33.1 Å². The molecule has 0 atom stereocenters. The third-order valence-electron chi connectivity index (χ3n) is 4.49. The van der Waals surface area contributed by atoms with Crippen molar-refractivity contribution in [1.82, 2.24) is 19.6 Å². The minimum absolute atomic E-state index is 0.543. The van der Waals surface area contributed by atoms with Crippen molar-refractivity contribution in [3.8, 4) is 0 Å². The summed E-state index contributed by atoms with van der Waals surface area (Å²) in [6, 6.07) is 3.83. The second-order valence-electron chi connectivity index (χ2n) is 6.05. The van der Waals surface area contributed by atoms with Gasteiger partial charge in [0, 0.05) is 0 Å². The number of hydrogen-bond acceptors (Lipinski definition) is 6. The van der Waals surface area contributed by atoms with Gasteiger partial charge in [0.1, 0.15) is 0 Å². The molecule has 1 aliphatic rings. The van der Waals surface area contributed by atoms with Crippen molar-refractivity contribution in [1.29, 1.82) is 0 Å². The molecule has 0 fully saturated rings. The summed E-state index contributed by atoms with van der Waals surface area (Å²) in [6.45, 7) is 0. The summed E-state index contributed by atoms with van der Waals surface area (Å²) in [7, 11) is 0. The van der Waals surface area contributed by atoms with Crippen molar-refractivity contribution in [2.45, 2.75) is 10.8 Å². The molecule has 0 saturated heterocycles. The summed E-state index contributed by atoms with van der Waals surface area (Å²) in [4.78, 5) is 22.3. The van der Waals surface area contributed by atoms with Crippen molar-refractivity contribution in [2.75, 3.05) is 9.74 Å². The van der Waals surface area contributed by atoms with Crippen LogP contribution < -0.4 is 5.32 Å². The van der Waals surface area contributed by atoms with E-state index in [0.29, 0.717) is 15.3 Å². The quantitative estimate of drug-likeness (QED) is 0.228. The fourth-order valence-electron chi connectivity index (χ4n) is 3.23. The van der Waals surface area contributed by atoms with Crippen LogP contribution in [0.5, 0.6) is 0 Å². The van der Waals surface area contributed by atoms with E-state index < -0.39 is 23.8 Å². The van der Waals surface area contributed by atoms with Crippen LogP contribution in [0.25, 0.3) is 15.7 Å². The number of carbonyl (C=O) groups is 1. The number of anilines is 2. The van der Waals surface area contributed by atoms with Crippen molar-refractivity contribution in [3.63, 3.8) is 0 Å². The van der Waals surface area contributed by atoms with Crippen LogP contribution in [0, 0.1) is 0 Å². The van der Waals surface area contributed by atoms with Gasteiger partial charge in [0.2, 0.25) is 0 Å². The van der Waals surface area contributed by atoms with E-state index in [-0.39, 0.29) is 0 Å². The van der Waals surface area contributed by atoms with Gasteiger partial charge in [-0.1, -0.05) is 0 Å². The van der Waals surface area contributed by atoms with E-state index in [4.69, 9.17) is 11.6 Å². The molecule has 0 saturated carbocycles. The number of alkyl halides is 2. The number of halogens is 2. The molecule has 5 heterocycles. The molecular formula is C17H13ClIN5O2S. The molecule has 0 bridgehead atoms. The Morgan fingerprint density at radius 3 is 3.15 bits per heavy atom. The van der Waals surface area contributed by atoms with E-state index in [0.717, 1.165) is 37.1 Å². The number of fused-ring (bicyclic) bond motifs is 4. The predicted molar refractivity (Wildman–Crippen MR) is 115 cm³/mol. The maximum atomic E-state index is 11.4. The number of hydrogen-bond donors (Lipinski definition) is 2. The Morgan fingerprint density at radius 2 is 2.30 bits per heavy atom. The first-order valence-corrected chi connectivity index (χ1v) is 13.4. The Balaban J connectivity index is 1.59. The van der Waals surface area contributed by atoms with Gasteiger partial charge in [-0.25, -0.2) is 0 Å². The van der Waals surface area contributed by atoms with E-state index in [1.54, 1.807) is 28.2 Å². The Kier molecular flexibility index (Phi) is 4.17. The van der Waals surface area contributed by atoms with Gasteiger partial charge in [-0.15, -0.1) is 0 Å². The normalized spacial score (nSPS) is 15.2. The van der Waals surface area contributed by atoms with Gasteiger partial charge in [-0.2, -0.15) is 0 Å². The molecule has 0 spiro atoms. The van der Waals surface area contributed by atoms with Crippen LogP contribution in [0.3, 0.4) is 0 Å². The van der Waals surface area contributed by atoms with Gasteiger partial charge < -0.3 is 0 Å². The monoisotopic (exact) mass is 513 g/mol. The SMILES string of the molecule is O=C(O)I1CCc2c(sc3ncnc(Nc4cc5ccnn5cc4Cl)c23)C1. The molecule has 27 heavy (non-hydrogen) atoms. The van der Waals surface area contributed by atoms with Crippen molar-refractivity contribution < 1.29 is 9.90 Å². The van der Waals surface area contributed by atoms with E-state index in [2.05, 4.69) is 20.4 Å². The predicted octanol–water partition coefficient (Wildman–Crippen LogP) is 4.98. The fraction of sp³-hybridized carbons (Fsp3) is 0.176. The summed E-state index contributed by atoms with van der Waals surface area (Å²) < 4.78 is 2.63. The van der Waals surface area contributed by atoms with E-state index in [1.165, 1.54) is 11.9 Å². The van der Waals surface area contributed by atoms with Crippen LogP contribution in [0.4, 0.5) is 16.3 Å². The minimum atomic E-state index is -1.97. The summed E-state index contributed by atoms with van der Waals surface area (Å²) in [6.07, 6.45) is 5.79. The molecule has 0 radical (unpaired) electrons. The molecule has 0 unspecified atom stereocenters. The molecule has 0 aliphatic carbocycles. The Bertz CT molecular complexity index is 1210. The second kappa shape index (κ2) is 6.57. The Hall–Kier alpha value is -1.98. The van der Waals surface area contributed by atoms with Gasteiger partial charge in [0.15, 0.2) is 0 Å². The average molecular weight is 514 g/mol. The van der Waals surface area contributed by atoms with Gasteiger partial charge in [-0.3, -0.25) is 0 Å². The molecule has 5 rings (SSSR count). The molecule has 2 N–H and O–H groups in total. The molecule has 4 aromatic heterocycles. The zero-order valence-electron chi connectivity index (χ0n) is 13.8. The van der Waals surface area contributed by atoms with Gasteiger partial charge in [0.25, 0.3) is 0 Å². The standard InChI is InChI=1S/C17H13ClIN5O2S/c18-11-7-24-9(2-4-22-24)5-12(11)23-15-14-10-1-3-19(17(25)26)6-13(10)27-16(14)21-8-20-15/h2,4-5,7-8H,1,3,6H2,(H,25,26)(H,20,21,23). The third-order valence-corrected chi connectivity index (χ3v) is 11.3. The summed E-state index contributed by atoms with van der Waals surface area (Å²) in [5, 5.41) is 18.5. The van der Waals surface area contributed by atoms with Gasteiger partial charge >= 0.3 is 170 Å².